The summed E-state index contributed by atoms with van der Waals surface area (Å²) in [6, 6.07) is 8.49. The molecule has 190 valence electrons. The molecular formula is C25H31FN4O4Si2. The summed E-state index contributed by atoms with van der Waals surface area (Å²) < 4.78 is 33.1. The fraction of sp³-hybridized carbons (Fsp3) is 0.480. The number of rotatable bonds is 10. The molecule has 0 spiro atoms. The molecule has 1 saturated heterocycles. The topological polar surface area (TPSA) is 78.2 Å². The maximum absolute atomic E-state index is 14.3. The van der Waals surface area contributed by atoms with E-state index in [0.717, 1.165) is 12.0 Å². The summed E-state index contributed by atoms with van der Waals surface area (Å²) in [5, 5.41) is 4.25. The number of anilines is 1. The SMILES string of the molecule is CCOC(=O)c1cnn2ccc(N3C[C@@H](C(C)(C)C(O[Si]C)O[Si]C)C[C@@H]3c3cccc(F)c3)nc12. The number of benzene rings is 1. The first kappa shape index (κ1) is 26.5. The van der Waals surface area contributed by atoms with Crippen LogP contribution in [0.15, 0.2) is 42.7 Å². The first-order valence-electron chi connectivity index (χ1n) is 12.0. The third kappa shape index (κ3) is 5.24. The van der Waals surface area contributed by atoms with E-state index in [2.05, 4.69) is 23.8 Å². The maximum Gasteiger partial charge on any atom is 0.343 e. The van der Waals surface area contributed by atoms with Crippen molar-refractivity contribution in [3.8, 4) is 0 Å². The molecule has 0 saturated carbocycles. The predicted octanol–water partition coefficient (Wildman–Crippen LogP) is 4.33. The van der Waals surface area contributed by atoms with Crippen molar-refractivity contribution in [2.24, 2.45) is 11.3 Å². The quantitative estimate of drug-likeness (QED) is 0.221. The molecule has 0 aliphatic carbocycles. The minimum atomic E-state index is -0.461. The number of nitrogens with zero attached hydrogens (tertiary/aromatic N) is 4. The van der Waals surface area contributed by atoms with Gasteiger partial charge in [0.2, 0.25) is 19.5 Å². The molecule has 1 aliphatic heterocycles. The molecule has 2 atom stereocenters. The monoisotopic (exact) mass is 526 g/mol. The van der Waals surface area contributed by atoms with Gasteiger partial charge in [0.1, 0.15) is 23.5 Å². The second kappa shape index (κ2) is 11.2. The number of carbonyl (C=O) groups excluding carboxylic acids is 1. The van der Waals surface area contributed by atoms with Gasteiger partial charge in [0.15, 0.2) is 5.65 Å². The van der Waals surface area contributed by atoms with Crippen LogP contribution in [0.2, 0.25) is 13.1 Å². The first-order chi connectivity index (χ1) is 17.3. The van der Waals surface area contributed by atoms with Crippen molar-refractivity contribution in [2.45, 2.75) is 52.6 Å². The molecule has 1 fully saturated rings. The minimum Gasteiger partial charge on any atom is -0.462 e. The van der Waals surface area contributed by atoms with E-state index < -0.39 is 5.97 Å². The van der Waals surface area contributed by atoms with E-state index in [9.17, 15) is 9.18 Å². The summed E-state index contributed by atoms with van der Waals surface area (Å²) in [7, 11) is 0.615. The Bertz CT molecular complexity index is 1200. The average molecular weight is 527 g/mol. The number of ether oxygens (including phenoxy) is 1. The zero-order valence-electron chi connectivity index (χ0n) is 21.2. The Hall–Kier alpha value is -2.61. The van der Waals surface area contributed by atoms with Crippen LogP contribution >= 0.6 is 0 Å². The van der Waals surface area contributed by atoms with Gasteiger partial charge in [-0.05, 0) is 56.1 Å². The molecule has 3 aromatic rings. The van der Waals surface area contributed by atoms with Gasteiger partial charge in [-0.2, -0.15) is 5.10 Å². The normalized spacial score (nSPS) is 18.4. The highest BCUT2D eigenvalue weighted by molar-refractivity contribution is 6.26. The lowest BCUT2D eigenvalue weighted by molar-refractivity contribution is -0.101. The molecule has 4 rings (SSSR count). The summed E-state index contributed by atoms with van der Waals surface area (Å²) in [6.07, 6.45) is 3.69. The molecule has 2 aromatic heterocycles. The van der Waals surface area contributed by atoms with Crippen molar-refractivity contribution in [3.63, 3.8) is 0 Å². The Balaban J connectivity index is 1.74. The number of carbonyl (C=O) groups is 1. The first-order valence-corrected chi connectivity index (χ1v) is 14.8. The van der Waals surface area contributed by atoms with Crippen LogP contribution in [0, 0.1) is 17.2 Å². The summed E-state index contributed by atoms with van der Waals surface area (Å²) >= 11 is 0. The molecule has 11 heteroatoms. The Morgan fingerprint density at radius 3 is 2.67 bits per heavy atom. The van der Waals surface area contributed by atoms with Gasteiger partial charge in [-0.1, -0.05) is 26.0 Å². The van der Waals surface area contributed by atoms with Crippen LogP contribution in [0.1, 0.15) is 49.2 Å². The number of aromatic nitrogens is 3. The molecule has 3 heterocycles. The van der Waals surface area contributed by atoms with E-state index in [4.69, 9.17) is 18.6 Å². The van der Waals surface area contributed by atoms with Crippen molar-refractivity contribution >= 4 is 37.0 Å². The Morgan fingerprint density at radius 2 is 2.00 bits per heavy atom. The second-order valence-electron chi connectivity index (χ2n) is 9.29. The van der Waals surface area contributed by atoms with E-state index in [1.165, 1.54) is 12.3 Å². The van der Waals surface area contributed by atoms with Crippen LogP contribution in [0.4, 0.5) is 10.2 Å². The fourth-order valence-electron chi connectivity index (χ4n) is 4.76. The second-order valence-corrected chi connectivity index (χ2v) is 10.6. The van der Waals surface area contributed by atoms with Gasteiger partial charge in [0.25, 0.3) is 0 Å². The van der Waals surface area contributed by atoms with Crippen molar-refractivity contribution in [3.05, 3.63) is 59.7 Å². The van der Waals surface area contributed by atoms with Crippen LogP contribution in [-0.4, -0.2) is 59.5 Å². The summed E-state index contributed by atoms with van der Waals surface area (Å²) in [4.78, 5) is 19.5. The summed E-state index contributed by atoms with van der Waals surface area (Å²) in [6.45, 7) is 11.0. The average Bonchev–Trinajstić information content (AvgIpc) is 3.49. The highest BCUT2D eigenvalue weighted by Crippen LogP contribution is 2.47. The van der Waals surface area contributed by atoms with Crippen LogP contribution in [0.3, 0.4) is 0 Å². The van der Waals surface area contributed by atoms with Gasteiger partial charge in [-0.25, -0.2) is 18.7 Å². The number of fused-ring (bicyclic) bond motifs is 1. The lowest BCUT2D eigenvalue weighted by Crippen LogP contribution is -2.42. The standard InChI is InChI=1S/C25H31FN4O4Si2/c1-6-32-23(31)19-14-27-30-11-10-21(28-22(19)30)29-15-17(25(2,3)24(33-35-4)34-36-5)13-20(29)16-8-7-9-18(26)12-16/h7-12,14,17,20,24H,6,13,15H2,1-5H3/t17-,20+/m0/s1. The van der Waals surface area contributed by atoms with Crippen LogP contribution in [-0.2, 0) is 13.6 Å². The number of hydrogen-bond acceptors (Lipinski definition) is 7. The highest BCUT2D eigenvalue weighted by Gasteiger charge is 2.46. The van der Waals surface area contributed by atoms with E-state index in [1.54, 1.807) is 29.8 Å². The molecule has 0 bridgehead atoms. The molecule has 1 aliphatic rings. The molecular weight excluding hydrogens is 495 g/mol. The van der Waals surface area contributed by atoms with Crippen LogP contribution in [0.5, 0.6) is 0 Å². The highest BCUT2D eigenvalue weighted by atomic mass is 28.2. The van der Waals surface area contributed by atoms with Gasteiger partial charge in [-0.3, -0.25) is 0 Å². The maximum atomic E-state index is 14.3. The number of esters is 1. The predicted molar refractivity (Wildman–Crippen MR) is 137 cm³/mol. The zero-order valence-corrected chi connectivity index (χ0v) is 23.2. The van der Waals surface area contributed by atoms with Gasteiger partial charge in [-0.15, -0.1) is 0 Å². The largest absolute Gasteiger partial charge is 0.462 e. The lowest BCUT2D eigenvalue weighted by Gasteiger charge is -2.38. The Labute approximate surface area is 216 Å². The van der Waals surface area contributed by atoms with Crippen molar-refractivity contribution < 1.29 is 22.8 Å². The van der Waals surface area contributed by atoms with E-state index in [1.807, 2.05) is 25.2 Å². The van der Waals surface area contributed by atoms with E-state index in [0.29, 0.717) is 43.1 Å². The third-order valence-corrected chi connectivity index (χ3v) is 7.69. The van der Waals surface area contributed by atoms with E-state index in [-0.39, 0.29) is 36.1 Å². The lowest BCUT2D eigenvalue weighted by atomic mass is 9.76. The minimum absolute atomic E-state index is 0.109. The molecule has 0 amide bonds. The smallest absolute Gasteiger partial charge is 0.343 e. The number of halogens is 1. The van der Waals surface area contributed by atoms with E-state index >= 15 is 0 Å². The zero-order chi connectivity index (χ0) is 25.9. The molecule has 8 nitrogen and oxygen atoms in total. The molecule has 0 N–H and O–H groups in total. The molecule has 1 aromatic carbocycles. The van der Waals surface area contributed by atoms with Gasteiger partial charge in [0.05, 0.1) is 18.8 Å². The van der Waals surface area contributed by atoms with Crippen LogP contribution < -0.4 is 4.90 Å². The molecule has 36 heavy (non-hydrogen) atoms. The van der Waals surface area contributed by atoms with Gasteiger partial charge < -0.3 is 18.5 Å². The van der Waals surface area contributed by atoms with Crippen molar-refractivity contribution in [1.82, 2.24) is 14.6 Å². The number of hydrogen-bond donors (Lipinski definition) is 0. The summed E-state index contributed by atoms with van der Waals surface area (Å²) in [5.41, 5.74) is 1.31. The van der Waals surface area contributed by atoms with Crippen LogP contribution in [0.25, 0.3) is 5.65 Å². The van der Waals surface area contributed by atoms with Gasteiger partial charge in [0, 0.05) is 18.2 Å². The Kier molecular flexibility index (Phi) is 8.23. The van der Waals surface area contributed by atoms with Gasteiger partial charge >= 0.3 is 5.97 Å². The molecule has 0 unspecified atom stereocenters. The Morgan fingerprint density at radius 1 is 1.25 bits per heavy atom. The fourth-order valence-corrected chi connectivity index (χ4v) is 5.99. The van der Waals surface area contributed by atoms with Crippen molar-refractivity contribution in [2.75, 3.05) is 18.1 Å². The third-order valence-electron chi connectivity index (χ3n) is 6.79. The molecule has 4 radical (unpaired) electrons. The van der Waals surface area contributed by atoms with Crippen molar-refractivity contribution in [1.29, 1.82) is 0 Å². The summed E-state index contributed by atoms with van der Waals surface area (Å²) in [5.74, 6) is 0.130.